The molecular weight excluding hydrogens is 185 g/mol. The maximum Gasteiger partial charge on any atom is 0.337 e. The molecule has 1 aromatic carbocycles. The predicted molar refractivity (Wildman–Crippen MR) is 48.7 cm³/mol. The van der Waals surface area contributed by atoms with Crippen molar-refractivity contribution in [3.8, 4) is 0 Å². The van der Waals surface area contributed by atoms with Crippen molar-refractivity contribution in [1.29, 1.82) is 0 Å². The highest BCUT2D eigenvalue weighted by atomic mass is 19.1. The zero-order chi connectivity index (χ0) is 10.1. The van der Waals surface area contributed by atoms with Crippen LogP contribution in [0.2, 0.25) is 0 Å². The van der Waals surface area contributed by atoms with E-state index >= 15 is 0 Å². The first-order valence-electron chi connectivity index (χ1n) is 3.96. The molecule has 3 nitrogen and oxygen atoms in total. The molecule has 1 N–H and O–H groups in total. The number of hydrogen-bond donors (Lipinski definition) is 1. The van der Waals surface area contributed by atoms with Crippen LogP contribution in [-0.2, 0) is 0 Å². The summed E-state index contributed by atoms with van der Waals surface area (Å²) < 4.78 is 13.2. The molecule has 0 aliphatic heterocycles. The van der Waals surface area contributed by atoms with Gasteiger partial charge in [0.1, 0.15) is 5.82 Å². The van der Waals surface area contributed by atoms with Gasteiger partial charge in [-0.1, -0.05) is 6.07 Å². The fourth-order valence-corrected chi connectivity index (χ4v) is 1.23. The number of nitrogens with zero attached hydrogens (tertiary/aromatic N) is 1. The monoisotopic (exact) mass is 191 g/mol. The Labute approximate surface area is 78.8 Å². The minimum absolute atomic E-state index is 0.0115. The SMILES string of the molecule is O=C(O)c1cnc2cccc(F)c2c1. The van der Waals surface area contributed by atoms with Gasteiger partial charge in [0.25, 0.3) is 0 Å². The van der Waals surface area contributed by atoms with Crippen LogP contribution in [0.15, 0.2) is 30.5 Å². The molecule has 1 heterocycles. The van der Waals surface area contributed by atoms with Crippen LogP contribution >= 0.6 is 0 Å². The van der Waals surface area contributed by atoms with Crippen LogP contribution in [0.1, 0.15) is 10.4 Å². The van der Waals surface area contributed by atoms with Crippen LogP contribution in [0, 0.1) is 5.82 Å². The van der Waals surface area contributed by atoms with E-state index in [1.54, 1.807) is 6.07 Å². The van der Waals surface area contributed by atoms with Crippen molar-refractivity contribution in [2.45, 2.75) is 0 Å². The van der Waals surface area contributed by atoms with E-state index in [4.69, 9.17) is 5.11 Å². The first-order valence-corrected chi connectivity index (χ1v) is 3.96. The molecule has 0 atom stereocenters. The summed E-state index contributed by atoms with van der Waals surface area (Å²) in [5, 5.41) is 8.90. The first kappa shape index (κ1) is 8.62. The fraction of sp³-hybridized carbons (Fsp3) is 0. The van der Waals surface area contributed by atoms with Gasteiger partial charge in [0, 0.05) is 11.6 Å². The number of aromatic nitrogens is 1. The molecule has 0 amide bonds. The van der Waals surface area contributed by atoms with Crippen LogP contribution in [-0.4, -0.2) is 16.1 Å². The molecular formula is C10H6FNO2. The van der Waals surface area contributed by atoms with Gasteiger partial charge in [0.15, 0.2) is 0 Å². The molecule has 0 fully saturated rings. The summed E-state index contributed by atoms with van der Waals surface area (Å²) in [5.41, 5.74) is 0.442. The van der Waals surface area contributed by atoms with Crippen LogP contribution in [0.25, 0.3) is 10.9 Å². The van der Waals surface area contributed by atoms with E-state index in [1.807, 2.05) is 0 Å². The molecule has 0 bridgehead atoms. The number of carbonyl (C=O) groups is 1. The molecule has 2 aromatic rings. The third-order valence-corrected chi connectivity index (χ3v) is 1.92. The van der Waals surface area contributed by atoms with Gasteiger partial charge in [0.2, 0.25) is 0 Å². The third-order valence-electron chi connectivity index (χ3n) is 1.92. The Morgan fingerprint density at radius 3 is 2.93 bits per heavy atom. The standard InChI is InChI=1S/C10H6FNO2/c11-8-2-1-3-9-7(8)4-6(5-12-9)10(13)14/h1-5H,(H,13,14). The van der Waals surface area contributed by atoms with Crippen LogP contribution < -0.4 is 0 Å². The second-order valence-electron chi connectivity index (χ2n) is 2.84. The van der Waals surface area contributed by atoms with E-state index in [0.29, 0.717) is 5.52 Å². The second kappa shape index (κ2) is 3.06. The molecule has 0 radical (unpaired) electrons. The summed E-state index contributed by atoms with van der Waals surface area (Å²) >= 11 is 0. The Balaban J connectivity index is 2.76. The van der Waals surface area contributed by atoms with E-state index in [0.717, 1.165) is 0 Å². The Hall–Kier alpha value is -1.97. The van der Waals surface area contributed by atoms with E-state index in [-0.39, 0.29) is 10.9 Å². The largest absolute Gasteiger partial charge is 0.478 e. The lowest BCUT2D eigenvalue weighted by molar-refractivity contribution is 0.0696. The smallest absolute Gasteiger partial charge is 0.337 e. The zero-order valence-electron chi connectivity index (χ0n) is 7.07. The normalized spacial score (nSPS) is 10.4. The highest BCUT2D eigenvalue weighted by molar-refractivity contribution is 5.92. The Morgan fingerprint density at radius 2 is 2.21 bits per heavy atom. The summed E-state index contributed by atoms with van der Waals surface area (Å²) in [5.74, 6) is -1.57. The third kappa shape index (κ3) is 1.31. The van der Waals surface area contributed by atoms with Crippen molar-refractivity contribution in [3.05, 3.63) is 41.8 Å². The lowest BCUT2D eigenvalue weighted by Gasteiger charge is -1.99. The molecule has 2 rings (SSSR count). The summed E-state index contributed by atoms with van der Waals surface area (Å²) in [6, 6.07) is 5.71. The molecule has 0 unspecified atom stereocenters. The minimum Gasteiger partial charge on any atom is -0.478 e. The number of halogens is 1. The number of benzene rings is 1. The van der Waals surface area contributed by atoms with E-state index in [1.165, 1.54) is 24.4 Å². The zero-order valence-corrected chi connectivity index (χ0v) is 7.07. The van der Waals surface area contributed by atoms with E-state index < -0.39 is 11.8 Å². The van der Waals surface area contributed by atoms with Crippen molar-refractivity contribution in [3.63, 3.8) is 0 Å². The van der Waals surface area contributed by atoms with E-state index in [2.05, 4.69) is 4.98 Å². The van der Waals surface area contributed by atoms with Crippen LogP contribution in [0.5, 0.6) is 0 Å². The van der Waals surface area contributed by atoms with Gasteiger partial charge in [-0.15, -0.1) is 0 Å². The Kier molecular flexibility index (Phi) is 1.89. The van der Waals surface area contributed by atoms with Crippen molar-refractivity contribution in [1.82, 2.24) is 4.98 Å². The van der Waals surface area contributed by atoms with E-state index in [9.17, 15) is 9.18 Å². The Morgan fingerprint density at radius 1 is 1.43 bits per heavy atom. The lowest BCUT2D eigenvalue weighted by atomic mass is 10.1. The molecule has 4 heteroatoms. The van der Waals surface area contributed by atoms with Gasteiger partial charge in [-0.2, -0.15) is 0 Å². The number of fused-ring (bicyclic) bond motifs is 1. The molecule has 14 heavy (non-hydrogen) atoms. The van der Waals surface area contributed by atoms with Crippen LogP contribution in [0.4, 0.5) is 4.39 Å². The van der Waals surface area contributed by atoms with Gasteiger partial charge in [0.05, 0.1) is 11.1 Å². The summed E-state index contributed by atoms with van der Waals surface area (Å²) in [7, 11) is 0. The van der Waals surface area contributed by atoms with Gasteiger partial charge in [-0.05, 0) is 18.2 Å². The predicted octanol–water partition coefficient (Wildman–Crippen LogP) is 2.07. The molecule has 0 aliphatic carbocycles. The summed E-state index contributed by atoms with van der Waals surface area (Å²) in [6.45, 7) is 0. The molecule has 1 aromatic heterocycles. The number of aromatic carboxylic acids is 1. The van der Waals surface area contributed by atoms with Crippen molar-refractivity contribution in [2.75, 3.05) is 0 Å². The Bertz CT molecular complexity index is 510. The average Bonchev–Trinajstić information content (AvgIpc) is 2.18. The quantitative estimate of drug-likeness (QED) is 0.750. The van der Waals surface area contributed by atoms with Gasteiger partial charge in [-0.25, -0.2) is 9.18 Å². The summed E-state index contributed by atoms with van der Waals surface area (Å²) in [6.07, 6.45) is 1.21. The number of rotatable bonds is 1. The fourth-order valence-electron chi connectivity index (χ4n) is 1.23. The molecule has 70 valence electrons. The second-order valence-corrected chi connectivity index (χ2v) is 2.84. The molecule has 0 aliphatic rings. The molecule has 0 saturated carbocycles. The lowest BCUT2D eigenvalue weighted by Crippen LogP contribution is -1.97. The first-order chi connectivity index (χ1) is 6.68. The van der Waals surface area contributed by atoms with Crippen LogP contribution in [0.3, 0.4) is 0 Å². The van der Waals surface area contributed by atoms with Crippen molar-refractivity contribution in [2.24, 2.45) is 0 Å². The molecule has 0 spiro atoms. The van der Waals surface area contributed by atoms with Crippen molar-refractivity contribution >= 4 is 16.9 Å². The summed E-state index contributed by atoms with van der Waals surface area (Å²) in [4.78, 5) is 14.4. The maximum absolute atomic E-state index is 13.2. The number of hydrogen-bond acceptors (Lipinski definition) is 2. The maximum atomic E-state index is 13.2. The van der Waals surface area contributed by atoms with Gasteiger partial charge in [-0.3, -0.25) is 4.98 Å². The highest BCUT2D eigenvalue weighted by Gasteiger charge is 2.06. The van der Waals surface area contributed by atoms with Gasteiger partial charge >= 0.3 is 5.97 Å². The van der Waals surface area contributed by atoms with Gasteiger partial charge < -0.3 is 5.11 Å². The number of carboxylic acid groups (broad SMARTS) is 1. The highest BCUT2D eigenvalue weighted by Crippen LogP contribution is 2.16. The minimum atomic E-state index is -1.11. The molecule has 0 saturated heterocycles. The number of carboxylic acids is 1. The number of pyridine rings is 1. The van der Waals surface area contributed by atoms with Crippen molar-refractivity contribution < 1.29 is 14.3 Å². The topological polar surface area (TPSA) is 50.2 Å². The average molecular weight is 191 g/mol.